The molecule has 4 nitrogen and oxygen atoms in total. The first-order chi connectivity index (χ1) is 11.3. The molecule has 0 aromatic carbocycles. The van der Waals surface area contributed by atoms with Gasteiger partial charge in [-0.3, -0.25) is 4.90 Å². The summed E-state index contributed by atoms with van der Waals surface area (Å²) in [6, 6.07) is 0.657. The second-order valence-corrected chi connectivity index (χ2v) is 9.02. The van der Waals surface area contributed by atoms with Crippen LogP contribution in [0.2, 0.25) is 0 Å². The largest absolute Gasteiger partial charge is 0.348 e. The lowest BCUT2D eigenvalue weighted by atomic mass is 9.88. The zero-order chi connectivity index (χ0) is 15.6. The summed E-state index contributed by atoms with van der Waals surface area (Å²) >= 11 is 2.12. The van der Waals surface area contributed by atoms with Crippen molar-refractivity contribution in [3.63, 3.8) is 0 Å². The van der Waals surface area contributed by atoms with E-state index in [0.717, 1.165) is 26.1 Å². The van der Waals surface area contributed by atoms with Crippen LogP contribution in [0, 0.1) is 0 Å². The van der Waals surface area contributed by atoms with E-state index in [2.05, 4.69) is 22.0 Å². The number of nitrogens with one attached hydrogen (secondary N) is 1. The molecule has 1 spiro atoms. The fourth-order valence-corrected chi connectivity index (χ4v) is 5.96. The molecule has 1 N–H and O–H groups in total. The lowest BCUT2D eigenvalue weighted by Crippen LogP contribution is -2.57. The molecular weight excluding hydrogens is 308 g/mol. The average Bonchev–Trinajstić information content (AvgIpc) is 3.26. The quantitative estimate of drug-likeness (QED) is 0.851. The molecule has 0 atom stereocenters. The Morgan fingerprint density at radius 2 is 1.61 bits per heavy atom. The van der Waals surface area contributed by atoms with Crippen molar-refractivity contribution in [2.75, 3.05) is 44.4 Å². The van der Waals surface area contributed by atoms with Crippen LogP contribution in [0.5, 0.6) is 0 Å². The minimum absolute atomic E-state index is 0.215. The van der Waals surface area contributed by atoms with Gasteiger partial charge < -0.3 is 14.8 Å². The van der Waals surface area contributed by atoms with E-state index in [1.54, 1.807) is 0 Å². The molecule has 0 radical (unpaired) electrons. The average molecular weight is 341 g/mol. The standard InChI is InChI=1S/C18H32N2O2S/c1-2-6-17(5-1,20-9-13-23-14-10-20)15-19-16-3-7-18(8-4-16)21-11-12-22-18/h16,19H,1-15H2. The predicted octanol–water partition coefficient (Wildman–Crippen LogP) is 2.62. The third-order valence-corrected chi connectivity index (χ3v) is 7.44. The van der Waals surface area contributed by atoms with Crippen molar-refractivity contribution < 1.29 is 9.47 Å². The van der Waals surface area contributed by atoms with Crippen molar-refractivity contribution in [3.8, 4) is 0 Å². The molecule has 2 saturated carbocycles. The Bertz CT molecular complexity index is 378. The number of nitrogens with zero attached hydrogens (tertiary/aromatic N) is 1. The second-order valence-electron chi connectivity index (χ2n) is 7.79. The van der Waals surface area contributed by atoms with Crippen LogP contribution < -0.4 is 5.32 Å². The molecule has 0 aromatic heterocycles. The van der Waals surface area contributed by atoms with Gasteiger partial charge >= 0.3 is 0 Å². The Hall–Kier alpha value is 0.190. The van der Waals surface area contributed by atoms with Gasteiger partial charge in [0.2, 0.25) is 0 Å². The predicted molar refractivity (Wildman–Crippen MR) is 95.0 cm³/mol. The van der Waals surface area contributed by atoms with Gasteiger partial charge in [0, 0.05) is 55.6 Å². The summed E-state index contributed by atoms with van der Waals surface area (Å²) in [4.78, 5) is 2.82. The molecule has 2 heterocycles. The van der Waals surface area contributed by atoms with Crippen LogP contribution in [0.1, 0.15) is 51.4 Å². The Balaban J connectivity index is 1.30. The smallest absolute Gasteiger partial charge is 0.168 e. The van der Waals surface area contributed by atoms with E-state index < -0.39 is 0 Å². The van der Waals surface area contributed by atoms with E-state index >= 15 is 0 Å². The molecule has 132 valence electrons. The molecular formula is C18H32N2O2S. The Kier molecular flexibility index (Phi) is 5.21. The maximum Gasteiger partial charge on any atom is 0.168 e. The molecule has 2 aliphatic heterocycles. The first-order valence-corrected chi connectivity index (χ1v) is 10.8. The van der Waals surface area contributed by atoms with Gasteiger partial charge in [0.15, 0.2) is 5.79 Å². The van der Waals surface area contributed by atoms with Crippen molar-refractivity contribution in [2.24, 2.45) is 0 Å². The number of hydrogen-bond acceptors (Lipinski definition) is 5. The number of thioether (sulfide) groups is 1. The van der Waals surface area contributed by atoms with Crippen LogP contribution in [0.3, 0.4) is 0 Å². The summed E-state index contributed by atoms with van der Waals surface area (Å²) in [5, 5.41) is 3.95. The number of ether oxygens (including phenoxy) is 2. The minimum Gasteiger partial charge on any atom is -0.348 e. The van der Waals surface area contributed by atoms with Gasteiger partial charge in [0.25, 0.3) is 0 Å². The molecule has 5 heteroatoms. The minimum atomic E-state index is -0.215. The molecule has 0 aromatic rings. The van der Waals surface area contributed by atoms with E-state index in [4.69, 9.17) is 9.47 Å². The fourth-order valence-electron chi connectivity index (χ4n) is 5.06. The highest BCUT2D eigenvalue weighted by atomic mass is 32.2. The maximum atomic E-state index is 5.86. The molecule has 0 unspecified atom stereocenters. The third kappa shape index (κ3) is 3.59. The van der Waals surface area contributed by atoms with Crippen molar-refractivity contribution in [1.29, 1.82) is 0 Å². The summed E-state index contributed by atoms with van der Waals surface area (Å²) in [5.74, 6) is 2.43. The molecule has 23 heavy (non-hydrogen) atoms. The summed E-state index contributed by atoms with van der Waals surface area (Å²) in [5.41, 5.74) is 0.455. The number of hydrogen-bond donors (Lipinski definition) is 1. The second kappa shape index (κ2) is 7.20. The Labute approximate surface area is 145 Å². The highest BCUT2D eigenvalue weighted by molar-refractivity contribution is 7.99. The topological polar surface area (TPSA) is 33.7 Å². The van der Waals surface area contributed by atoms with Crippen LogP contribution in [0.15, 0.2) is 0 Å². The normalized spacial score (nSPS) is 31.8. The van der Waals surface area contributed by atoms with Crippen molar-refractivity contribution >= 4 is 11.8 Å². The first-order valence-electron chi connectivity index (χ1n) is 9.65. The number of rotatable bonds is 4. The van der Waals surface area contributed by atoms with Gasteiger partial charge in [-0.1, -0.05) is 12.8 Å². The zero-order valence-electron chi connectivity index (χ0n) is 14.4. The Morgan fingerprint density at radius 1 is 0.957 bits per heavy atom. The zero-order valence-corrected chi connectivity index (χ0v) is 15.2. The lowest BCUT2D eigenvalue weighted by Gasteiger charge is -2.45. The summed E-state index contributed by atoms with van der Waals surface area (Å²) in [6.07, 6.45) is 10.2. The highest BCUT2D eigenvalue weighted by Crippen LogP contribution is 2.38. The first kappa shape index (κ1) is 16.6. The van der Waals surface area contributed by atoms with Crippen molar-refractivity contribution in [3.05, 3.63) is 0 Å². The highest BCUT2D eigenvalue weighted by Gasteiger charge is 2.43. The van der Waals surface area contributed by atoms with Crippen LogP contribution in [-0.4, -0.2) is 66.6 Å². The van der Waals surface area contributed by atoms with Crippen molar-refractivity contribution in [2.45, 2.75) is 68.7 Å². The summed E-state index contributed by atoms with van der Waals surface area (Å²) in [7, 11) is 0. The van der Waals surface area contributed by atoms with Gasteiger partial charge in [-0.15, -0.1) is 0 Å². The molecule has 4 aliphatic rings. The van der Waals surface area contributed by atoms with E-state index in [-0.39, 0.29) is 5.79 Å². The van der Waals surface area contributed by atoms with Crippen molar-refractivity contribution in [1.82, 2.24) is 10.2 Å². The summed E-state index contributed by atoms with van der Waals surface area (Å²) in [6.45, 7) is 5.35. The fraction of sp³-hybridized carbons (Fsp3) is 1.00. The van der Waals surface area contributed by atoms with E-state index in [9.17, 15) is 0 Å². The van der Waals surface area contributed by atoms with Crippen LogP contribution >= 0.6 is 11.8 Å². The molecule has 0 bridgehead atoms. The van der Waals surface area contributed by atoms with Crippen LogP contribution in [-0.2, 0) is 9.47 Å². The lowest BCUT2D eigenvalue weighted by molar-refractivity contribution is -0.179. The van der Waals surface area contributed by atoms with Crippen LogP contribution in [0.4, 0.5) is 0 Å². The monoisotopic (exact) mass is 340 g/mol. The molecule has 2 saturated heterocycles. The Morgan fingerprint density at radius 3 is 2.26 bits per heavy atom. The van der Waals surface area contributed by atoms with E-state index in [0.29, 0.717) is 11.6 Å². The van der Waals surface area contributed by atoms with Gasteiger partial charge in [-0.2, -0.15) is 11.8 Å². The van der Waals surface area contributed by atoms with Gasteiger partial charge in [0.05, 0.1) is 13.2 Å². The van der Waals surface area contributed by atoms with E-state index in [1.807, 2.05) is 0 Å². The van der Waals surface area contributed by atoms with Gasteiger partial charge in [-0.25, -0.2) is 0 Å². The van der Waals surface area contributed by atoms with Gasteiger partial charge in [-0.05, 0) is 25.7 Å². The molecule has 0 amide bonds. The third-order valence-electron chi connectivity index (χ3n) is 6.50. The molecule has 4 fully saturated rings. The molecule has 2 aliphatic carbocycles. The maximum absolute atomic E-state index is 5.86. The van der Waals surface area contributed by atoms with E-state index in [1.165, 1.54) is 69.7 Å². The van der Waals surface area contributed by atoms with Crippen LogP contribution in [0.25, 0.3) is 0 Å². The SMILES string of the molecule is C1CCC(CNC2CCC3(CC2)OCCO3)(N2CCSCC2)C1. The molecule has 4 rings (SSSR count). The summed E-state index contributed by atoms with van der Waals surface area (Å²) < 4.78 is 11.7. The van der Waals surface area contributed by atoms with Gasteiger partial charge in [0.1, 0.15) is 0 Å².